The number of alkyl carbamates (subject to hydrolysis) is 1. The number of nitrogens with one attached hydrogen (secondary N) is 3. The fraction of sp³-hybridized carbons (Fsp3) is 0.156. The molecule has 0 aliphatic heterocycles. The van der Waals surface area contributed by atoms with E-state index in [1.165, 1.54) is 0 Å². The smallest absolute Gasteiger partial charge is 0.413 e. The molecular formula is C32H29N3O5S. The molecule has 3 N–H and O–H groups in total. The molecule has 8 nitrogen and oxygen atoms in total. The number of amides is 2. The van der Waals surface area contributed by atoms with Gasteiger partial charge in [-0.05, 0) is 71.7 Å². The highest BCUT2D eigenvalue weighted by molar-refractivity contribution is 7.80. The van der Waals surface area contributed by atoms with Gasteiger partial charge in [-0.25, -0.2) is 4.79 Å². The Morgan fingerprint density at radius 1 is 0.829 bits per heavy atom. The quantitative estimate of drug-likeness (QED) is 0.166. The van der Waals surface area contributed by atoms with Crippen LogP contribution in [0.5, 0.6) is 11.5 Å². The van der Waals surface area contributed by atoms with Gasteiger partial charge < -0.3 is 24.8 Å². The summed E-state index contributed by atoms with van der Waals surface area (Å²) in [6.07, 6.45) is -0.682. The van der Waals surface area contributed by atoms with Crippen molar-refractivity contribution in [2.45, 2.75) is 12.8 Å². The van der Waals surface area contributed by atoms with Gasteiger partial charge in [0.25, 0.3) is 5.91 Å². The lowest BCUT2D eigenvalue weighted by Gasteiger charge is -2.17. The van der Waals surface area contributed by atoms with Gasteiger partial charge in [0.05, 0.1) is 5.69 Å². The highest BCUT2D eigenvalue weighted by Gasteiger charge is 2.29. The second-order valence-electron chi connectivity index (χ2n) is 9.19. The van der Waals surface area contributed by atoms with Gasteiger partial charge in [-0.1, -0.05) is 66.7 Å². The molecule has 4 aromatic carbocycles. The Bertz CT molecular complexity index is 1510. The van der Waals surface area contributed by atoms with E-state index in [0.29, 0.717) is 29.3 Å². The van der Waals surface area contributed by atoms with E-state index in [1.807, 2.05) is 49.4 Å². The molecule has 0 saturated heterocycles. The zero-order valence-corrected chi connectivity index (χ0v) is 23.2. The van der Waals surface area contributed by atoms with Gasteiger partial charge in [0.1, 0.15) is 18.1 Å². The number of fused-ring (bicyclic) bond motifs is 3. The van der Waals surface area contributed by atoms with Crippen LogP contribution in [0.1, 0.15) is 34.3 Å². The molecule has 1 aliphatic carbocycles. The van der Waals surface area contributed by atoms with Crippen molar-refractivity contribution in [2.24, 2.45) is 0 Å². The van der Waals surface area contributed by atoms with Crippen LogP contribution in [0.3, 0.4) is 0 Å². The summed E-state index contributed by atoms with van der Waals surface area (Å²) in [5.74, 6) is 0.643. The van der Waals surface area contributed by atoms with Crippen LogP contribution in [-0.4, -0.2) is 37.1 Å². The number of para-hydroxylation sites is 1. The number of anilines is 1. The summed E-state index contributed by atoms with van der Waals surface area (Å²) in [7, 11) is 0. The van der Waals surface area contributed by atoms with E-state index < -0.39 is 6.09 Å². The lowest BCUT2D eigenvalue weighted by molar-refractivity contribution is 0.0952. The summed E-state index contributed by atoms with van der Waals surface area (Å²) in [6, 6.07) is 30.3. The van der Waals surface area contributed by atoms with E-state index in [9.17, 15) is 9.59 Å². The highest BCUT2D eigenvalue weighted by atomic mass is 32.1. The summed E-state index contributed by atoms with van der Waals surface area (Å²) in [6.45, 7) is 2.38. The molecule has 0 aromatic heterocycles. The maximum Gasteiger partial charge on any atom is 0.413 e. The number of hydrogen-bond acceptors (Lipinski definition) is 6. The normalized spacial score (nSPS) is 11.5. The van der Waals surface area contributed by atoms with Crippen LogP contribution < -0.4 is 25.4 Å². The second-order valence-corrected chi connectivity index (χ2v) is 9.60. The van der Waals surface area contributed by atoms with E-state index in [2.05, 4.69) is 40.2 Å². The Morgan fingerprint density at radius 2 is 1.49 bits per heavy atom. The van der Waals surface area contributed by atoms with E-state index in [1.54, 1.807) is 30.3 Å². The third-order valence-electron chi connectivity index (χ3n) is 6.57. The lowest BCUT2D eigenvalue weighted by atomic mass is 9.98. The highest BCUT2D eigenvalue weighted by Crippen LogP contribution is 2.44. The number of hydrogen-bond donors (Lipinski definition) is 3. The Labute approximate surface area is 243 Å². The number of ether oxygens (including phenoxy) is 3. The van der Waals surface area contributed by atoms with Crippen molar-refractivity contribution in [1.82, 2.24) is 10.6 Å². The van der Waals surface area contributed by atoms with Crippen LogP contribution in [0.2, 0.25) is 0 Å². The predicted octanol–water partition coefficient (Wildman–Crippen LogP) is 6.09. The molecule has 0 fully saturated rings. The van der Waals surface area contributed by atoms with Crippen molar-refractivity contribution < 1.29 is 23.8 Å². The number of carbonyl (C=O) groups is 2. The molecule has 4 aromatic rings. The Balaban J connectivity index is 1.22. The van der Waals surface area contributed by atoms with Crippen molar-refractivity contribution in [2.75, 3.05) is 25.3 Å². The van der Waals surface area contributed by atoms with Crippen molar-refractivity contribution in [1.29, 1.82) is 0 Å². The van der Waals surface area contributed by atoms with Gasteiger partial charge >= 0.3 is 6.09 Å². The first kappa shape index (κ1) is 27.7. The van der Waals surface area contributed by atoms with E-state index in [-0.39, 0.29) is 30.3 Å². The summed E-state index contributed by atoms with van der Waals surface area (Å²) in [4.78, 5) is 25.1. The molecule has 208 valence electrons. The molecule has 9 heteroatoms. The van der Waals surface area contributed by atoms with Crippen molar-refractivity contribution >= 4 is 35.0 Å². The van der Waals surface area contributed by atoms with Crippen LogP contribution >= 0.6 is 12.2 Å². The van der Waals surface area contributed by atoms with Crippen LogP contribution in [0.25, 0.3) is 11.1 Å². The van der Waals surface area contributed by atoms with Crippen LogP contribution in [0.4, 0.5) is 10.5 Å². The van der Waals surface area contributed by atoms with Gasteiger partial charge in [-0.3, -0.25) is 10.1 Å². The zero-order chi connectivity index (χ0) is 28.6. The first-order valence-corrected chi connectivity index (χ1v) is 13.6. The fourth-order valence-electron chi connectivity index (χ4n) is 4.71. The molecule has 41 heavy (non-hydrogen) atoms. The summed E-state index contributed by atoms with van der Waals surface area (Å²) < 4.78 is 17.1. The van der Waals surface area contributed by atoms with Crippen molar-refractivity contribution in [3.05, 3.63) is 114 Å². The number of thiocarbonyl (C=S) groups is 1. The van der Waals surface area contributed by atoms with Gasteiger partial charge in [0.15, 0.2) is 5.11 Å². The Kier molecular flexibility index (Phi) is 8.76. The van der Waals surface area contributed by atoms with E-state index in [4.69, 9.17) is 26.4 Å². The molecule has 0 heterocycles. The molecule has 0 spiro atoms. The SMILES string of the molecule is CCNC(=O)c1ccc(NC(=S)NC(=O)OCC2c3ccccc3-c3ccccc32)c(OCOc2ccccc2)c1. The number of benzene rings is 4. The van der Waals surface area contributed by atoms with Gasteiger partial charge in [0.2, 0.25) is 6.79 Å². The molecule has 0 radical (unpaired) electrons. The third-order valence-corrected chi connectivity index (χ3v) is 6.78. The fourth-order valence-corrected chi connectivity index (χ4v) is 4.90. The predicted molar refractivity (Wildman–Crippen MR) is 161 cm³/mol. The summed E-state index contributed by atoms with van der Waals surface area (Å²) in [5.41, 5.74) is 5.38. The van der Waals surface area contributed by atoms with E-state index in [0.717, 1.165) is 22.3 Å². The average molecular weight is 568 g/mol. The van der Waals surface area contributed by atoms with Crippen LogP contribution in [0, 0.1) is 0 Å². The third kappa shape index (κ3) is 6.64. The monoisotopic (exact) mass is 567 g/mol. The second kappa shape index (κ2) is 13.0. The first-order chi connectivity index (χ1) is 20.0. The maximum atomic E-state index is 12.7. The zero-order valence-electron chi connectivity index (χ0n) is 22.4. The summed E-state index contributed by atoms with van der Waals surface area (Å²) in [5, 5.41) is 8.29. The van der Waals surface area contributed by atoms with Gasteiger partial charge in [0, 0.05) is 18.0 Å². The average Bonchev–Trinajstić information content (AvgIpc) is 3.31. The minimum atomic E-state index is -0.682. The van der Waals surface area contributed by atoms with Gasteiger partial charge in [-0.15, -0.1) is 0 Å². The minimum absolute atomic E-state index is 0.0156. The standard InChI is InChI=1S/C32H29N3O5S/c1-2-33-30(36)21-16-17-28(29(18-21)40-20-39-22-10-4-3-5-11-22)34-31(41)35-32(37)38-19-27-25-14-8-6-12-23(25)24-13-7-9-15-26(24)27/h3-18,27H,2,19-20H2,1H3,(H,33,36)(H2,34,35,37,41). The Morgan fingerprint density at radius 3 is 2.17 bits per heavy atom. The van der Waals surface area contributed by atoms with Crippen LogP contribution in [0.15, 0.2) is 97.1 Å². The van der Waals surface area contributed by atoms with Gasteiger partial charge in [-0.2, -0.15) is 0 Å². The first-order valence-electron chi connectivity index (χ1n) is 13.2. The maximum absolute atomic E-state index is 12.7. The number of carbonyl (C=O) groups excluding carboxylic acids is 2. The summed E-state index contributed by atoms with van der Waals surface area (Å²) >= 11 is 5.37. The molecule has 0 saturated carbocycles. The molecule has 1 aliphatic rings. The Hall–Kier alpha value is -4.89. The van der Waals surface area contributed by atoms with Crippen molar-refractivity contribution in [3.63, 3.8) is 0 Å². The molecule has 0 atom stereocenters. The molecule has 2 amide bonds. The molecule has 0 bridgehead atoms. The largest absolute Gasteiger partial charge is 0.458 e. The molecular weight excluding hydrogens is 538 g/mol. The molecule has 0 unspecified atom stereocenters. The topological polar surface area (TPSA) is 97.9 Å². The van der Waals surface area contributed by atoms with Crippen molar-refractivity contribution in [3.8, 4) is 22.6 Å². The number of rotatable bonds is 9. The minimum Gasteiger partial charge on any atom is -0.458 e. The lowest BCUT2D eigenvalue weighted by Crippen LogP contribution is -2.35. The van der Waals surface area contributed by atoms with E-state index >= 15 is 0 Å². The van der Waals surface area contributed by atoms with Crippen LogP contribution in [-0.2, 0) is 4.74 Å². The molecule has 5 rings (SSSR count).